The maximum absolute atomic E-state index is 13.1. The van der Waals surface area contributed by atoms with Gasteiger partial charge in [0.15, 0.2) is 9.84 Å². The van der Waals surface area contributed by atoms with E-state index in [-0.39, 0.29) is 30.0 Å². The Balaban J connectivity index is 1.60. The quantitative estimate of drug-likeness (QED) is 0.601. The van der Waals surface area contributed by atoms with Crippen molar-refractivity contribution in [1.29, 1.82) is 0 Å². The third-order valence-corrected chi connectivity index (χ3v) is 7.05. The van der Waals surface area contributed by atoms with Gasteiger partial charge in [-0.25, -0.2) is 8.42 Å². The molecule has 5 nitrogen and oxygen atoms in total. The summed E-state index contributed by atoms with van der Waals surface area (Å²) in [6.45, 7) is 0.210. The molecule has 0 aliphatic carbocycles. The molecule has 0 N–H and O–H groups in total. The summed E-state index contributed by atoms with van der Waals surface area (Å²) in [5.41, 5.74) is 1.41. The third kappa shape index (κ3) is 4.54. The fourth-order valence-electron chi connectivity index (χ4n) is 3.53. The predicted molar refractivity (Wildman–Crippen MR) is 113 cm³/mol. The van der Waals surface area contributed by atoms with E-state index < -0.39 is 9.84 Å². The average Bonchev–Trinajstić information content (AvgIpc) is 3.33. The summed E-state index contributed by atoms with van der Waals surface area (Å²) in [7, 11) is -3.13. The standard InChI is InChI=1S/C22H20ClNO4S/c23-18-8-6-16(7-9-18)21-11-10-20(28-21)14-24(19-12-13-29(26,27)15-19)22(25)17-4-2-1-3-5-17/h1-11,19H,12-15H2/t19-/m1/s1. The molecular formula is C22H20ClNO4S. The summed E-state index contributed by atoms with van der Waals surface area (Å²) < 4.78 is 30.0. The van der Waals surface area contributed by atoms with Crippen molar-refractivity contribution in [1.82, 2.24) is 4.90 Å². The first-order valence-corrected chi connectivity index (χ1v) is 11.5. The summed E-state index contributed by atoms with van der Waals surface area (Å²) in [5, 5.41) is 0.641. The van der Waals surface area contributed by atoms with Crippen LogP contribution in [0.5, 0.6) is 0 Å². The largest absolute Gasteiger partial charge is 0.459 e. The van der Waals surface area contributed by atoms with Crippen LogP contribution in [0.4, 0.5) is 0 Å². The highest BCUT2D eigenvalue weighted by Crippen LogP contribution is 2.27. The topological polar surface area (TPSA) is 67.6 Å². The number of amides is 1. The van der Waals surface area contributed by atoms with Crippen molar-refractivity contribution in [2.75, 3.05) is 11.5 Å². The Bertz CT molecular complexity index is 1110. The molecule has 0 unspecified atom stereocenters. The summed E-state index contributed by atoms with van der Waals surface area (Å²) in [4.78, 5) is 14.8. The SMILES string of the molecule is O=C(c1ccccc1)N(Cc1ccc(-c2ccc(Cl)cc2)o1)[C@@H]1CCS(=O)(=O)C1. The average molecular weight is 430 g/mol. The lowest BCUT2D eigenvalue weighted by atomic mass is 10.1. The smallest absolute Gasteiger partial charge is 0.254 e. The summed E-state index contributed by atoms with van der Waals surface area (Å²) in [6.07, 6.45) is 0.436. The third-order valence-electron chi connectivity index (χ3n) is 5.05. The van der Waals surface area contributed by atoms with Gasteiger partial charge in [0.2, 0.25) is 0 Å². The van der Waals surface area contributed by atoms with Crippen LogP contribution in [0.2, 0.25) is 5.02 Å². The van der Waals surface area contributed by atoms with Gasteiger partial charge in [-0.1, -0.05) is 29.8 Å². The van der Waals surface area contributed by atoms with E-state index in [0.717, 1.165) is 5.56 Å². The van der Waals surface area contributed by atoms with Crippen molar-refractivity contribution in [3.8, 4) is 11.3 Å². The normalized spacial score (nSPS) is 17.9. The van der Waals surface area contributed by atoms with E-state index in [1.54, 1.807) is 41.3 Å². The Morgan fingerprint density at radius 1 is 1.03 bits per heavy atom. The Hall–Kier alpha value is -2.57. The summed E-state index contributed by atoms with van der Waals surface area (Å²) >= 11 is 5.94. The molecule has 3 aromatic rings. The molecule has 1 aromatic heterocycles. The molecule has 1 amide bonds. The molecule has 29 heavy (non-hydrogen) atoms. The van der Waals surface area contributed by atoms with Gasteiger partial charge < -0.3 is 9.32 Å². The molecule has 0 saturated carbocycles. The van der Waals surface area contributed by atoms with E-state index >= 15 is 0 Å². The Morgan fingerprint density at radius 3 is 2.41 bits per heavy atom. The zero-order valence-corrected chi connectivity index (χ0v) is 17.2. The molecule has 150 valence electrons. The number of carbonyl (C=O) groups excluding carboxylic acids is 1. The van der Waals surface area contributed by atoms with Gasteiger partial charge in [-0.15, -0.1) is 0 Å². The molecule has 0 bridgehead atoms. The van der Waals surface area contributed by atoms with Crippen LogP contribution in [-0.2, 0) is 16.4 Å². The van der Waals surface area contributed by atoms with Crippen LogP contribution in [0.1, 0.15) is 22.5 Å². The van der Waals surface area contributed by atoms with Crippen LogP contribution >= 0.6 is 11.6 Å². The number of furan rings is 1. The van der Waals surface area contributed by atoms with Gasteiger partial charge in [0.25, 0.3) is 5.91 Å². The van der Waals surface area contributed by atoms with E-state index in [1.807, 2.05) is 30.3 Å². The van der Waals surface area contributed by atoms with Crippen molar-refractivity contribution in [2.24, 2.45) is 0 Å². The molecule has 4 rings (SSSR count). The zero-order chi connectivity index (χ0) is 20.4. The van der Waals surface area contributed by atoms with Crippen LogP contribution < -0.4 is 0 Å². The lowest BCUT2D eigenvalue weighted by Gasteiger charge is -2.27. The Morgan fingerprint density at radius 2 is 1.76 bits per heavy atom. The number of benzene rings is 2. The first kappa shape index (κ1) is 19.7. The number of carbonyl (C=O) groups is 1. The highest BCUT2D eigenvalue weighted by molar-refractivity contribution is 7.91. The monoisotopic (exact) mass is 429 g/mol. The number of nitrogens with zero attached hydrogens (tertiary/aromatic N) is 1. The molecule has 1 fully saturated rings. The first-order valence-electron chi connectivity index (χ1n) is 9.32. The van der Waals surface area contributed by atoms with Gasteiger partial charge in [0.1, 0.15) is 11.5 Å². The lowest BCUT2D eigenvalue weighted by molar-refractivity contribution is 0.0666. The van der Waals surface area contributed by atoms with Crippen molar-refractivity contribution in [2.45, 2.75) is 19.0 Å². The fraction of sp³-hybridized carbons (Fsp3) is 0.227. The van der Waals surface area contributed by atoms with Crippen LogP contribution in [-0.4, -0.2) is 36.8 Å². The molecule has 7 heteroatoms. The molecule has 2 aromatic carbocycles. The zero-order valence-electron chi connectivity index (χ0n) is 15.6. The summed E-state index contributed by atoms with van der Waals surface area (Å²) in [6, 6.07) is 19.5. The fourth-order valence-corrected chi connectivity index (χ4v) is 5.39. The van der Waals surface area contributed by atoms with Crippen molar-refractivity contribution >= 4 is 27.3 Å². The number of halogens is 1. The highest BCUT2D eigenvalue weighted by atomic mass is 35.5. The number of rotatable bonds is 5. The van der Waals surface area contributed by atoms with Crippen molar-refractivity contribution in [3.63, 3.8) is 0 Å². The maximum atomic E-state index is 13.1. The minimum atomic E-state index is -3.13. The second-order valence-corrected chi connectivity index (χ2v) is 9.79. The van der Waals surface area contributed by atoms with Gasteiger partial charge in [0.05, 0.1) is 18.1 Å². The molecule has 1 aliphatic heterocycles. The van der Waals surface area contributed by atoms with E-state index in [1.165, 1.54) is 0 Å². The second kappa shape index (κ2) is 8.05. The minimum Gasteiger partial charge on any atom is -0.459 e. The van der Waals surface area contributed by atoms with Gasteiger partial charge in [0, 0.05) is 22.2 Å². The van der Waals surface area contributed by atoms with E-state index in [4.69, 9.17) is 16.0 Å². The van der Waals surface area contributed by atoms with Gasteiger partial charge in [-0.2, -0.15) is 0 Å². The molecule has 1 saturated heterocycles. The van der Waals surface area contributed by atoms with Crippen LogP contribution in [0.3, 0.4) is 0 Å². The Labute approximate surface area is 174 Å². The number of hydrogen-bond donors (Lipinski definition) is 0. The first-order chi connectivity index (χ1) is 13.9. The van der Waals surface area contributed by atoms with Gasteiger partial charge in [-0.3, -0.25) is 4.79 Å². The second-order valence-electron chi connectivity index (χ2n) is 7.13. The van der Waals surface area contributed by atoms with Crippen LogP contribution in [0.15, 0.2) is 71.1 Å². The lowest BCUT2D eigenvalue weighted by Crippen LogP contribution is -2.40. The maximum Gasteiger partial charge on any atom is 0.254 e. The molecule has 2 heterocycles. The van der Waals surface area contributed by atoms with Crippen LogP contribution in [0, 0.1) is 0 Å². The predicted octanol–water partition coefficient (Wildman–Crippen LogP) is 4.43. The molecular weight excluding hydrogens is 410 g/mol. The Kier molecular flexibility index (Phi) is 5.48. The number of hydrogen-bond acceptors (Lipinski definition) is 4. The molecule has 0 radical (unpaired) electrons. The molecule has 1 atom stereocenters. The molecule has 0 spiro atoms. The van der Waals surface area contributed by atoms with E-state index in [0.29, 0.717) is 28.5 Å². The van der Waals surface area contributed by atoms with Gasteiger partial charge in [-0.05, 0) is 55.0 Å². The van der Waals surface area contributed by atoms with Crippen molar-refractivity contribution in [3.05, 3.63) is 83.1 Å². The molecule has 1 aliphatic rings. The summed E-state index contributed by atoms with van der Waals surface area (Å²) in [5.74, 6) is 1.16. The minimum absolute atomic E-state index is 0.0175. The van der Waals surface area contributed by atoms with E-state index in [9.17, 15) is 13.2 Å². The number of sulfone groups is 1. The van der Waals surface area contributed by atoms with E-state index in [2.05, 4.69) is 0 Å². The van der Waals surface area contributed by atoms with Crippen LogP contribution in [0.25, 0.3) is 11.3 Å². The highest BCUT2D eigenvalue weighted by Gasteiger charge is 2.35. The van der Waals surface area contributed by atoms with Gasteiger partial charge >= 0.3 is 0 Å². The van der Waals surface area contributed by atoms with Crippen molar-refractivity contribution < 1.29 is 17.6 Å².